The van der Waals surface area contributed by atoms with Gasteiger partial charge in [-0.1, -0.05) is 123 Å². The number of hydrogen-bond donors (Lipinski definition) is 0. The van der Waals surface area contributed by atoms with Gasteiger partial charge in [0, 0.05) is 56.0 Å². The summed E-state index contributed by atoms with van der Waals surface area (Å²) in [6.45, 7) is 0. The van der Waals surface area contributed by atoms with Gasteiger partial charge in [0.2, 0.25) is 0 Å². The Morgan fingerprint density at radius 3 is 1.92 bits per heavy atom. The van der Waals surface area contributed by atoms with E-state index >= 15 is 0 Å². The summed E-state index contributed by atoms with van der Waals surface area (Å²) in [5, 5.41) is 2.40. The molecule has 4 aliphatic carbocycles. The quantitative estimate of drug-likeness (QED) is 0.156. The van der Waals surface area contributed by atoms with Crippen LogP contribution in [0.3, 0.4) is 0 Å². The largest absolute Gasteiger partial charge is 0.501 e. The number of aromatic nitrogens is 2. The molecule has 319 valence electrons. The summed E-state index contributed by atoms with van der Waals surface area (Å²) in [7, 11) is 2.24. The van der Waals surface area contributed by atoms with Crippen molar-refractivity contribution in [3.05, 3.63) is 144 Å². The summed E-state index contributed by atoms with van der Waals surface area (Å²) in [5.41, 5.74) is 14.8. The maximum atomic E-state index is 6.33. The van der Waals surface area contributed by atoms with Crippen LogP contribution in [0.25, 0.3) is 44.5 Å². The van der Waals surface area contributed by atoms with Crippen LogP contribution < -0.4 is 4.90 Å². The molecule has 0 atom stereocenters. The molecule has 3 aromatic heterocycles. The minimum atomic E-state index is 0. The SMILES string of the molecule is CN1c2ccccc2C(C2CCCC2)(C2CCCC2)c2cc[c-]c(-c3ccccn3)c21.[Ir].[c-]1ccc2c(oc3ccc(C4CCCC4)cc32)c1-c1ccc(C2CCCCC2)cn1. The van der Waals surface area contributed by atoms with Gasteiger partial charge in [0.25, 0.3) is 0 Å². The second-order valence-corrected chi connectivity index (χ2v) is 19.0. The van der Waals surface area contributed by atoms with Gasteiger partial charge in [0.1, 0.15) is 5.58 Å². The van der Waals surface area contributed by atoms with Gasteiger partial charge >= 0.3 is 0 Å². The molecule has 0 saturated heterocycles. The number of pyridine rings is 2. The van der Waals surface area contributed by atoms with Gasteiger partial charge in [-0.3, -0.25) is 0 Å². The smallest absolute Gasteiger partial charge is 0.120 e. The Kier molecular flexibility index (Phi) is 12.0. The van der Waals surface area contributed by atoms with Crippen LogP contribution in [0.1, 0.15) is 143 Å². The van der Waals surface area contributed by atoms with E-state index < -0.39 is 0 Å². The average molecular weight is 994 g/mol. The molecule has 1 aliphatic heterocycles. The zero-order valence-corrected chi connectivity index (χ0v) is 38.7. The summed E-state index contributed by atoms with van der Waals surface area (Å²) in [6.07, 6.45) is 26.9. The van der Waals surface area contributed by atoms with Crippen molar-refractivity contribution >= 4 is 33.3 Å². The van der Waals surface area contributed by atoms with Crippen molar-refractivity contribution in [1.29, 1.82) is 0 Å². The van der Waals surface area contributed by atoms with Crippen LogP contribution in [0.4, 0.5) is 11.4 Å². The van der Waals surface area contributed by atoms with Crippen LogP contribution in [0.5, 0.6) is 0 Å². The van der Waals surface area contributed by atoms with E-state index in [0.717, 1.165) is 45.5 Å². The first kappa shape index (κ1) is 41.4. The van der Waals surface area contributed by atoms with Crippen molar-refractivity contribution in [3.63, 3.8) is 0 Å². The van der Waals surface area contributed by atoms with Crippen molar-refractivity contribution in [2.45, 2.75) is 126 Å². The van der Waals surface area contributed by atoms with Crippen LogP contribution in [0, 0.1) is 24.0 Å². The number of rotatable bonds is 6. The minimum absolute atomic E-state index is 0. The number of fused-ring (bicyclic) bond motifs is 5. The van der Waals surface area contributed by atoms with Gasteiger partial charge in [-0.2, -0.15) is 0 Å². The Bertz CT molecular complexity index is 2610. The Balaban J connectivity index is 0.000000146. The minimum Gasteiger partial charge on any atom is -0.501 e. The first-order valence-electron chi connectivity index (χ1n) is 23.8. The number of nitrogens with zero attached hydrogens (tertiary/aromatic N) is 3. The molecule has 0 unspecified atom stereocenters. The van der Waals surface area contributed by atoms with E-state index in [0.29, 0.717) is 11.8 Å². The third-order valence-corrected chi connectivity index (χ3v) is 15.8. The van der Waals surface area contributed by atoms with Crippen molar-refractivity contribution in [3.8, 4) is 22.5 Å². The Labute approximate surface area is 382 Å². The van der Waals surface area contributed by atoms with E-state index in [1.165, 1.54) is 148 Å². The average Bonchev–Trinajstić information content (AvgIpc) is 4.19. The van der Waals surface area contributed by atoms with Gasteiger partial charge in [-0.15, -0.1) is 42.0 Å². The molecular weight excluding hydrogens is 935 g/mol. The summed E-state index contributed by atoms with van der Waals surface area (Å²) in [6, 6.07) is 42.4. The second kappa shape index (κ2) is 17.9. The Hall–Kier alpha value is -4.57. The first-order chi connectivity index (χ1) is 30.2. The molecule has 0 bridgehead atoms. The molecule has 4 nitrogen and oxygen atoms in total. The number of benzene rings is 4. The molecular formula is C57H59IrN3O-2. The zero-order valence-electron chi connectivity index (χ0n) is 36.3. The maximum Gasteiger partial charge on any atom is 0.120 e. The maximum absolute atomic E-state index is 6.33. The van der Waals surface area contributed by atoms with Gasteiger partial charge in [-0.05, 0) is 133 Å². The number of para-hydroxylation sites is 1. The zero-order chi connectivity index (χ0) is 40.8. The number of anilines is 2. The number of hydrogen-bond acceptors (Lipinski definition) is 4. The number of furan rings is 1. The van der Waals surface area contributed by atoms with Crippen LogP contribution in [0.15, 0.2) is 114 Å². The molecule has 4 saturated carbocycles. The molecule has 5 aliphatic rings. The van der Waals surface area contributed by atoms with E-state index in [9.17, 15) is 0 Å². The molecule has 0 amide bonds. The normalized spacial score (nSPS) is 19.3. The molecule has 0 spiro atoms. The monoisotopic (exact) mass is 994 g/mol. The van der Waals surface area contributed by atoms with Crippen molar-refractivity contribution in [2.75, 3.05) is 11.9 Å². The third kappa shape index (κ3) is 7.26. The van der Waals surface area contributed by atoms with Gasteiger partial charge in [-0.25, -0.2) is 0 Å². The van der Waals surface area contributed by atoms with E-state index in [1.807, 2.05) is 18.3 Å². The van der Waals surface area contributed by atoms with E-state index in [-0.39, 0.29) is 25.5 Å². The molecule has 4 heterocycles. The summed E-state index contributed by atoms with van der Waals surface area (Å²) in [5.74, 6) is 2.84. The predicted octanol–water partition coefficient (Wildman–Crippen LogP) is 15.4. The molecule has 5 heteroatoms. The molecule has 0 N–H and O–H groups in total. The third-order valence-electron chi connectivity index (χ3n) is 15.8. The topological polar surface area (TPSA) is 42.2 Å². The van der Waals surface area contributed by atoms with Crippen LogP contribution in [-0.4, -0.2) is 17.0 Å². The standard InChI is InChI=1S/C29H31N2.C28H28NO.Ir/c1-31-27-19-7-6-16-24(27)29(21-11-2-3-12-21,22-13-4-5-14-22)25-17-10-15-23(28(25)31)26-18-8-9-20-30-26;1-2-7-20(8-3-1)22-13-15-26(29-18-22)24-12-6-11-23-25-17-21(19-9-4-5-10-19)14-16-27(25)30-28(23)24;/h6-10,16-22H,2-5,11-14H2,1H3;6,11,13-20H,1-5,7-10H2;/q2*-1;. The van der Waals surface area contributed by atoms with Crippen molar-refractivity contribution in [2.24, 2.45) is 11.8 Å². The van der Waals surface area contributed by atoms with Gasteiger partial charge in [0.05, 0.1) is 5.58 Å². The molecule has 62 heavy (non-hydrogen) atoms. The van der Waals surface area contributed by atoms with Crippen LogP contribution >= 0.6 is 0 Å². The molecule has 4 aromatic carbocycles. The Morgan fingerprint density at radius 2 is 1.21 bits per heavy atom. The fourth-order valence-electron chi connectivity index (χ4n) is 12.9. The fourth-order valence-corrected chi connectivity index (χ4v) is 12.9. The van der Waals surface area contributed by atoms with E-state index in [4.69, 9.17) is 14.4 Å². The van der Waals surface area contributed by atoms with Crippen LogP contribution in [-0.2, 0) is 25.5 Å². The van der Waals surface area contributed by atoms with Crippen LogP contribution in [0.2, 0.25) is 0 Å². The second-order valence-electron chi connectivity index (χ2n) is 19.0. The first-order valence-corrected chi connectivity index (χ1v) is 23.8. The van der Waals surface area contributed by atoms with E-state index in [2.05, 4.69) is 115 Å². The molecule has 7 aromatic rings. The summed E-state index contributed by atoms with van der Waals surface area (Å²) >= 11 is 0. The fraction of sp³-hybridized carbons (Fsp3) is 0.404. The Morgan fingerprint density at radius 1 is 0.581 bits per heavy atom. The van der Waals surface area contributed by atoms with Gasteiger partial charge in [0.15, 0.2) is 0 Å². The summed E-state index contributed by atoms with van der Waals surface area (Å²) in [4.78, 5) is 12.0. The molecule has 12 rings (SSSR count). The predicted molar refractivity (Wildman–Crippen MR) is 251 cm³/mol. The summed E-state index contributed by atoms with van der Waals surface area (Å²) < 4.78 is 6.33. The van der Waals surface area contributed by atoms with Crippen molar-refractivity contribution in [1.82, 2.24) is 9.97 Å². The van der Waals surface area contributed by atoms with Gasteiger partial charge < -0.3 is 19.3 Å². The van der Waals surface area contributed by atoms with Crippen molar-refractivity contribution < 1.29 is 24.5 Å². The molecule has 4 fully saturated rings. The molecule has 1 radical (unpaired) electrons. The van der Waals surface area contributed by atoms with E-state index in [1.54, 1.807) is 5.56 Å².